The molecular formula is C20H28FN5O5. The molecule has 0 bridgehead atoms. The smallest absolute Gasteiger partial charge is 0.306 e. The Balaban J connectivity index is 1.65. The number of aliphatic carboxylic acids is 1. The second kappa shape index (κ2) is 7.95. The van der Waals surface area contributed by atoms with Crippen LogP contribution in [0.25, 0.3) is 11.2 Å². The van der Waals surface area contributed by atoms with Gasteiger partial charge in [-0.25, -0.2) is 19.3 Å². The molecule has 0 amide bonds. The number of morpholine rings is 1. The highest BCUT2D eigenvalue weighted by Gasteiger charge is 2.63. The summed E-state index contributed by atoms with van der Waals surface area (Å²) in [5.41, 5.74) is -3.07. The quantitative estimate of drug-likeness (QED) is 0.693. The van der Waals surface area contributed by atoms with E-state index in [1.54, 1.807) is 6.92 Å². The lowest BCUT2D eigenvalue weighted by atomic mass is 9.82. The SMILES string of the molecule is CC(CC[C@H]1O[C@H](n2cnc3c(N4CCOCC4)ncnc32)[C@](C)(F)[C@]1(C)O)C(=O)O. The van der Waals surface area contributed by atoms with E-state index in [-0.39, 0.29) is 12.8 Å². The maximum atomic E-state index is 15.9. The lowest BCUT2D eigenvalue weighted by molar-refractivity contribution is -0.141. The normalized spacial score (nSPS) is 32.5. The number of hydrogen-bond donors (Lipinski definition) is 2. The van der Waals surface area contributed by atoms with Gasteiger partial charge in [0.25, 0.3) is 0 Å². The lowest BCUT2D eigenvalue weighted by Gasteiger charge is -2.33. The zero-order valence-electron chi connectivity index (χ0n) is 17.9. The first kappa shape index (κ1) is 21.8. The highest BCUT2D eigenvalue weighted by atomic mass is 19.1. The molecule has 0 aromatic carbocycles. The third-order valence-electron chi connectivity index (χ3n) is 6.56. The van der Waals surface area contributed by atoms with E-state index in [0.717, 1.165) is 0 Å². The molecule has 0 saturated carbocycles. The molecule has 31 heavy (non-hydrogen) atoms. The summed E-state index contributed by atoms with van der Waals surface area (Å²) >= 11 is 0. The molecule has 5 atom stereocenters. The van der Waals surface area contributed by atoms with Crippen molar-refractivity contribution in [3.63, 3.8) is 0 Å². The van der Waals surface area contributed by atoms with Crippen LogP contribution in [0, 0.1) is 5.92 Å². The molecule has 10 nitrogen and oxygen atoms in total. The first-order valence-corrected chi connectivity index (χ1v) is 10.4. The fourth-order valence-corrected chi connectivity index (χ4v) is 4.20. The predicted octanol–water partition coefficient (Wildman–Crippen LogP) is 1.54. The number of anilines is 1. The summed E-state index contributed by atoms with van der Waals surface area (Å²) in [6.45, 7) is 6.74. The molecule has 4 heterocycles. The van der Waals surface area contributed by atoms with Crippen LogP contribution in [0.15, 0.2) is 12.7 Å². The molecule has 11 heteroatoms. The van der Waals surface area contributed by atoms with Crippen LogP contribution in [-0.4, -0.2) is 79.4 Å². The van der Waals surface area contributed by atoms with Gasteiger partial charge in [-0.15, -0.1) is 0 Å². The van der Waals surface area contributed by atoms with Crippen molar-refractivity contribution in [1.29, 1.82) is 0 Å². The fourth-order valence-electron chi connectivity index (χ4n) is 4.20. The minimum absolute atomic E-state index is 0.205. The Morgan fingerprint density at radius 2 is 2.03 bits per heavy atom. The van der Waals surface area contributed by atoms with Crippen LogP contribution in [0.3, 0.4) is 0 Å². The third-order valence-corrected chi connectivity index (χ3v) is 6.56. The molecule has 4 rings (SSSR count). The summed E-state index contributed by atoms with van der Waals surface area (Å²) in [6, 6.07) is 0. The van der Waals surface area contributed by atoms with Crippen LogP contribution < -0.4 is 4.90 Å². The van der Waals surface area contributed by atoms with E-state index in [4.69, 9.17) is 14.6 Å². The standard InChI is InChI=1S/C20H28FN5O5/c1-12(17(27)28)4-5-13-20(3,29)19(2,21)18(31-13)26-11-24-14-15(22-10-23-16(14)26)25-6-8-30-9-7-25/h10-13,18,29H,4-9H2,1-3H3,(H,27,28)/t12?,13-,18+,19+,20-/m1/s1. The molecule has 0 aliphatic carbocycles. The number of aliphatic hydroxyl groups is 1. The van der Waals surface area contributed by atoms with Gasteiger partial charge in [0.05, 0.1) is 31.6 Å². The van der Waals surface area contributed by atoms with Crippen molar-refractivity contribution in [2.75, 3.05) is 31.2 Å². The van der Waals surface area contributed by atoms with Crippen LogP contribution in [-0.2, 0) is 14.3 Å². The molecule has 2 N–H and O–H groups in total. The van der Waals surface area contributed by atoms with Gasteiger partial charge >= 0.3 is 5.97 Å². The maximum Gasteiger partial charge on any atom is 0.306 e. The number of halogens is 1. The zero-order valence-corrected chi connectivity index (χ0v) is 17.9. The van der Waals surface area contributed by atoms with Crippen molar-refractivity contribution in [3.05, 3.63) is 12.7 Å². The minimum Gasteiger partial charge on any atom is -0.481 e. The first-order chi connectivity index (χ1) is 14.6. The van der Waals surface area contributed by atoms with Crippen molar-refractivity contribution in [1.82, 2.24) is 19.5 Å². The largest absolute Gasteiger partial charge is 0.481 e. The van der Waals surface area contributed by atoms with E-state index >= 15 is 4.39 Å². The van der Waals surface area contributed by atoms with E-state index in [0.29, 0.717) is 43.3 Å². The second-order valence-corrected chi connectivity index (χ2v) is 8.64. The number of ether oxygens (including phenoxy) is 2. The van der Waals surface area contributed by atoms with Gasteiger partial charge in [0.15, 0.2) is 28.9 Å². The van der Waals surface area contributed by atoms with E-state index in [1.165, 1.54) is 31.1 Å². The number of imidazole rings is 1. The number of hydrogen-bond acceptors (Lipinski definition) is 8. The molecular weight excluding hydrogens is 409 g/mol. The molecule has 2 saturated heterocycles. The van der Waals surface area contributed by atoms with Crippen molar-refractivity contribution in [2.24, 2.45) is 5.92 Å². The number of carboxylic acid groups (broad SMARTS) is 1. The van der Waals surface area contributed by atoms with Crippen molar-refractivity contribution < 1.29 is 28.9 Å². The van der Waals surface area contributed by atoms with Gasteiger partial charge in [-0.05, 0) is 26.7 Å². The number of carbonyl (C=O) groups is 1. The fraction of sp³-hybridized carbons (Fsp3) is 0.700. The summed E-state index contributed by atoms with van der Waals surface area (Å²) in [5, 5.41) is 20.1. The van der Waals surface area contributed by atoms with Gasteiger partial charge in [0, 0.05) is 13.1 Å². The molecule has 2 aromatic heterocycles. The number of nitrogens with zero attached hydrogens (tertiary/aromatic N) is 5. The molecule has 170 valence electrons. The van der Waals surface area contributed by atoms with Gasteiger partial charge in [0.2, 0.25) is 0 Å². The average Bonchev–Trinajstić information content (AvgIpc) is 3.24. The molecule has 2 aliphatic rings. The van der Waals surface area contributed by atoms with Gasteiger partial charge < -0.3 is 24.6 Å². The van der Waals surface area contributed by atoms with Crippen molar-refractivity contribution in [2.45, 2.75) is 57.2 Å². The highest BCUT2D eigenvalue weighted by Crippen LogP contribution is 2.50. The van der Waals surface area contributed by atoms with E-state index in [2.05, 4.69) is 15.0 Å². The van der Waals surface area contributed by atoms with Crippen LogP contribution >= 0.6 is 0 Å². The average molecular weight is 437 g/mol. The Bertz CT molecular complexity index is 959. The summed E-state index contributed by atoms with van der Waals surface area (Å²) in [6.07, 6.45) is 1.26. The number of carboxylic acids is 1. The van der Waals surface area contributed by atoms with Crippen molar-refractivity contribution >= 4 is 23.0 Å². The van der Waals surface area contributed by atoms with E-state index in [1.807, 2.05) is 4.90 Å². The Kier molecular flexibility index (Phi) is 5.61. The topological polar surface area (TPSA) is 123 Å². The van der Waals surface area contributed by atoms with Crippen molar-refractivity contribution in [3.8, 4) is 0 Å². The van der Waals surface area contributed by atoms with Gasteiger partial charge in [0.1, 0.15) is 11.9 Å². The van der Waals surface area contributed by atoms with E-state index in [9.17, 15) is 9.90 Å². The lowest BCUT2D eigenvalue weighted by Crippen LogP contribution is -2.51. The number of alkyl halides is 1. The molecule has 2 aromatic rings. The Morgan fingerprint density at radius 1 is 1.32 bits per heavy atom. The number of rotatable bonds is 6. The third kappa shape index (κ3) is 3.64. The van der Waals surface area contributed by atoms with Gasteiger partial charge in [-0.3, -0.25) is 9.36 Å². The van der Waals surface area contributed by atoms with Gasteiger partial charge in [-0.2, -0.15) is 0 Å². The second-order valence-electron chi connectivity index (χ2n) is 8.64. The first-order valence-electron chi connectivity index (χ1n) is 10.4. The Labute approximate surface area is 179 Å². The zero-order chi connectivity index (χ0) is 22.4. The van der Waals surface area contributed by atoms with Crippen LogP contribution in [0.2, 0.25) is 0 Å². The van der Waals surface area contributed by atoms with Crippen LogP contribution in [0.5, 0.6) is 0 Å². The monoisotopic (exact) mass is 437 g/mol. The molecule has 2 aliphatic heterocycles. The van der Waals surface area contributed by atoms with E-state index < -0.39 is 35.5 Å². The summed E-state index contributed by atoms with van der Waals surface area (Å²) in [7, 11) is 0. The van der Waals surface area contributed by atoms with Crippen LogP contribution in [0.4, 0.5) is 10.2 Å². The summed E-state index contributed by atoms with van der Waals surface area (Å²) in [4.78, 5) is 26.3. The highest BCUT2D eigenvalue weighted by molar-refractivity contribution is 5.83. The molecule has 1 unspecified atom stereocenters. The Morgan fingerprint density at radius 3 is 2.71 bits per heavy atom. The Hall–Kier alpha value is -2.37. The van der Waals surface area contributed by atoms with Gasteiger partial charge in [-0.1, -0.05) is 6.92 Å². The predicted molar refractivity (Wildman–Crippen MR) is 108 cm³/mol. The van der Waals surface area contributed by atoms with Crippen LogP contribution in [0.1, 0.15) is 39.8 Å². The summed E-state index contributed by atoms with van der Waals surface area (Å²) in [5.74, 6) is -0.920. The summed E-state index contributed by atoms with van der Waals surface area (Å²) < 4.78 is 28.8. The number of aromatic nitrogens is 4. The molecule has 2 fully saturated rings. The molecule has 0 spiro atoms. The minimum atomic E-state index is -2.16. The molecule has 0 radical (unpaired) electrons. The maximum absolute atomic E-state index is 15.9. The number of fused-ring (bicyclic) bond motifs is 1.